The van der Waals surface area contributed by atoms with E-state index in [4.69, 9.17) is 0 Å². The molecule has 0 aliphatic carbocycles. The van der Waals surface area contributed by atoms with Crippen LogP contribution in [0.2, 0.25) is 0 Å². The minimum atomic E-state index is 0.581. The van der Waals surface area contributed by atoms with E-state index in [1.807, 2.05) is 19.3 Å². The van der Waals surface area contributed by atoms with Gasteiger partial charge in [-0.1, -0.05) is 24.6 Å². The third-order valence-corrected chi connectivity index (χ3v) is 2.57. The highest BCUT2D eigenvalue weighted by Gasteiger charge is 2.03. The molecule has 1 aromatic heterocycles. The van der Waals surface area contributed by atoms with Crippen LogP contribution < -0.4 is 5.32 Å². The van der Waals surface area contributed by atoms with Gasteiger partial charge in [0, 0.05) is 18.4 Å². The van der Waals surface area contributed by atoms with Crippen LogP contribution in [0.25, 0.3) is 6.08 Å². The summed E-state index contributed by atoms with van der Waals surface area (Å²) in [5.74, 6) is 0. The van der Waals surface area contributed by atoms with E-state index >= 15 is 0 Å². The largest absolute Gasteiger partial charge is 0.317 e. The quantitative estimate of drug-likeness (QED) is 0.797. The van der Waals surface area contributed by atoms with Crippen LogP contribution in [0, 0.1) is 0 Å². The van der Waals surface area contributed by atoms with E-state index in [0.717, 1.165) is 12.8 Å². The lowest BCUT2D eigenvalue weighted by atomic mass is 10.0. The molecule has 0 fully saturated rings. The fraction of sp³-hybridized carbons (Fsp3) is 0.462. The molecule has 82 valence electrons. The van der Waals surface area contributed by atoms with E-state index in [1.54, 1.807) is 6.20 Å². The van der Waals surface area contributed by atoms with E-state index in [9.17, 15) is 0 Å². The van der Waals surface area contributed by atoms with Gasteiger partial charge < -0.3 is 5.32 Å². The van der Waals surface area contributed by atoms with Crippen molar-refractivity contribution in [3.63, 3.8) is 0 Å². The lowest BCUT2D eigenvalue weighted by Gasteiger charge is -2.13. The Morgan fingerprint density at radius 2 is 2.40 bits per heavy atom. The number of pyridine rings is 1. The molecule has 0 amide bonds. The third kappa shape index (κ3) is 4.26. The number of nitrogens with zero attached hydrogens (tertiary/aromatic N) is 1. The monoisotopic (exact) mass is 204 g/mol. The second kappa shape index (κ2) is 6.36. The van der Waals surface area contributed by atoms with E-state index < -0.39 is 0 Å². The summed E-state index contributed by atoms with van der Waals surface area (Å²) < 4.78 is 0. The second-order valence-electron chi connectivity index (χ2n) is 3.88. The second-order valence-corrected chi connectivity index (χ2v) is 3.88. The van der Waals surface area contributed by atoms with Gasteiger partial charge in [-0.25, -0.2) is 0 Å². The van der Waals surface area contributed by atoms with Gasteiger partial charge in [0.15, 0.2) is 0 Å². The first kappa shape index (κ1) is 11.9. The van der Waals surface area contributed by atoms with E-state index in [1.165, 1.54) is 11.1 Å². The molecule has 15 heavy (non-hydrogen) atoms. The standard InChI is InChI=1S/C13H20N2/c1-4-13(14-3)9-11(2)8-12-6-5-7-15-10-12/h5-8,10,13-14H,4,9H2,1-3H3/b11-8-. The Morgan fingerprint density at radius 1 is 1.60 bits per heavy atom. The Labute approximate surface area is 92.4 Å². The molecule has 0 aliphatic rings. The van der Waals surface area contributed by atoms with Crippen LogP contribution in [0.4, 0.5) is 0 Å². The van der Waals surface area contributed by atoms with Gasteiger partial charge in [-0.05, 0) is 38.4 Å². The van der Waals surface area contributed by atoms with E-state index in [-0.39, 0.29) is 0 Å². The maximum atomic E-state index is 4.10. The molecule has 0 saturated carbocycles. The van der Waals surface area contributed by atoms with Crippen LogP contribution in [0.5, 0.6) is 0 Å². The number of hydrogen-bond donors (Lipinski definition) is 1. The molecule has 0 spiro atoms. The first-order valence-electron chi connectivity index (χ1n) is 5.50. The normalized spacial score (nSPS) is 13.9. The van der Waals surface area contributed by atoms with Crippen molar-refractivity contribution in [2.75, 3.05) is 7.05 Å². The topological polar surface area (TPSA) is 24.9 Å². The van der Waals surface area contributed by atoms with Crippen LogP contribution in [0.1, 0.15) is 32.3 Å². The average molecular weight is 204 g/mol. The predicted octanol–water partition coefficient (Wildman–Crippen LogP) is 2.87. The summed E-state index contributed by atoms with van der Waals surface area (Å²) in [5.41, 5.74) is 2.57. The Balaban J connectivity index is 2.60. The molecule has 1 rings (SSSR count). The SMILES string of the molecule is CCC(C/C(C)=C\c1cccnc1)NC. The average Bonchev–Trinajstić information content (AvgIpc) is 2.27. The van der Waals surface area contributed by atoms with Gasteiger partial charge in [-0.2, -0.15) is 0 Å². The molecule has 0 aromatic carbocycles. The van der Waals surface area contributed by atoms with Crippen molar-refractivity contribution >= 4 is 6.08 Å². The van der Waals surface area contributed by atoms with Gasteiger partial charge in [0.1, 0.15) is 0 Å². The van der Waals surface area contributed by atoms with Gasteiger partial charge in [-0.15, -0.1) is 0 Å². The van der Waals surface area contributed by atoms with Crippen LogP contribution in [0.3, 0.4) is 0 Å². The summed E-state index contributed by atoms with van der Waals surface area (Å²) in [6, 6.07) is 4.63. The third-order valence-electron chi connectivity index (χ3n) is 2.57. The summed E-state index contributed by atoms with van der Waals surface area (Å²) >= 11 is 0. The maximum Gasteiger partial charge on any atom is 0.0340 e. The van der Waals surface area contributed by atoms with Gasteiger partial charge in [0.2, 0.25) is 0 Å². The van der Waals surface area contributed by atoms with Crippen molar-refractivity contribution < 1.29 is 0 Å². The van der Waals surface area contributed by atoms with Gasteiger partial charge in [0.25, 0.3) is 0 Å². The zero-order valence-electron chi connectivity index (χ0n) is 9.83. The fourth-order valence-electron chi connectivity index (χ4n) is 1.64. The van der Waals surface area contributed by atoms with Crippen molar-refractivity contribution in [1.82, 2.24) is 10.3 Å². The highest BCUT2D eigenvalue weighted by molar-refractivity contribution is 5.50. The summed E-state index contributed by atoms with van der Waals surface area (Å²) in [7, 11) is 2.02. The highest BCUT2D eigenvalue weighted by Crippen LogP contribution is 2.11. The molecule has 1 atom stereocenters. The van der Waals surface area contributed by atoms with Crippen molar-refractivity contribution in [2.24, 2.45) is 0 Å². The number of nitrogens with one attached hydrogen (secondary N) is 1. The minimum absolute atomic E-state index is 0.581. The van der Waals surface area contributed by atoms with Crippen LogP contribution in [0.15, 0.2) is 30.1 Å². The molecule has 0 radical (unpaired) electrons. The minimum Gasteiger partial charge on any atom is -0.317 e. The first-order valence-corrected chi connectivity index (χ1v) is 5.50. The maximum absolute atomic E-state index is 4.10. The zero-order chi connectivity index (χ0) is 11.1. The molecule has 0 aliphatic heterocycles. The van der Waals surface area contributed by atoms with Crippen LogP contribution in [-0.2, 0) is 0 Å². The molecule has 1 unspecified atom stereocenters. The molecule has 0 bridgehead atoms. The first-order chi connectivity index (χ1) is 7.26. The van der Waals surface area contributed by atoms with E-state index in [2.05, 4.69) is 36.3 Å². The van der Waals surface area contributed by atoms with Gasteiger partial charge >= 0.3 is 0 Å². The van der Waals surface area contributed by atoms with Crippen LogP contribution >= 0.6 is 0 Å². The van der Waals surface area contributed by atoms with Crippen molar-refractivity contribution in [3.05, 3.63) is 35.7 Å². The van der Waals surface area contributed by atoms with Crippen molar-refractivity contribution in [3.8, 4) is 0 Å². The Hall–Kier alpha value is -1.15. The number of rotatable bonds is 5. The molecule has 0 saturated heterocycles. The molecule has 1 aromatic rings. The van der Waals surface area contributed by atoms with Crippen LogP contribution in [-0.4, -0.2) is 18.1 Å². The molecule has 2 nitrogen and oxygen atoms in total. The Kier molecular flexibility index (Phi) is 5.05. The van der Waals surface area contributed by atoms with E-state index in [0.29, 0.717) is 6.04 Å². The summed E-state index contributed by atoms with van der Waals surface area (Å²) in [4.78, 5) is 4.10. The van der Waals surface area contributed by atoms with Gasteiger partial charge in [-0.3, -0.25) is 4.98 Å². The van der Waals surface area contributed by atoms with Gasteiger partial charge in [0.05, 0.1) is 0 Å². The Morgan fingerprint density at radius 3 is 2.93 bits per heavy atom. The van der Waals surface area contributed by atoms with Crippen molar-refractivity contribution in [2.45, 2.75) is 32.7 Å². The summed E-state index contributed by atoms with van der Waals surface area (Å²) in [6.07, 6.45) is 8.16. The van der Waals surface area contributed by atoms with Crippen molar-refractivity contribution in [1.29, 1.82) is 0 Å². The summed E-state index contributed by atoms with van der Waals surface area (Å²) in [6.45, 7) is 4.38. The molecular formula is C13H20N2. The number of hydrogen-bond acceptors (Lipinski definition) is 2. The molecule has 2 heteroatoms. The highest BCUT2D eigenvalue weighted by atomic mass is 14.9. The molecule has 1 heterocycles. The molecular weight excluding hydrogens is 184 g/mol. The summed E-state index contributed by atoms with van der Waals surface area (Å²) in [5, 5.41) is 3.31. The Bertz CT molecular complexity index is 300. The lowest BCUT2D eigenvalue weighted by molar-refractivity contribution is 0.542. The fourth-order valence-corrected chi connectivity index (χ4v) is 1.64. The molecule has 1 N–H and O–H groups in total. The predicted molar refractivity (Wildman–Crippen MR) is 65.6 cm³/mol. The smallest absolute Gasteiger partial charge is 0.0340 e. The number of aromatic nitrogens is 1. The zero-order valence-corrected chi connectivity index (χ0v) is 9.83. The lowest BCUT2D eigenvalue weighted by Crippen LogP contribution is -2.24.